The van der Waals surface area contributed by atoms with Crippen LogP contribution in [0.3, 0.4) is 0 Å². The summed E-state index contributed by atoms with van der Waals surface area (Å²) >= 11 is 6.52. The minimum atomic E-state index is -2.94. The number of methoxy groups -OCH3 is 1. The highest BCUT2D eigenvalue weighted by atomic mass is 35.5. The number of fused-ring (bicyclic) bond motifs is 4. The molecular formula is C42H57ClN4O4S. The Bertz CT molecular complexity index is 1810. The maximum Gasteiger partial charge on any atom is 0.262 e. The number of carbonyl (C=O) groups is 1. The number of hydrogen-bond donors (Lipinski definition) is 1. The lowest BCUT2D eigenvalue weighted by Crippen LogP contribution is -2.59. The summed E-state index contributed by atoms with van der Waals surface area (Å²) in [6.45, 7) is 11.5. The van der Waals surface area contributed by atoms with E-state index in [9.17, 15) is 9.00 Å². The van der Waals surface area contributed by atoms with E-state index in [-0.39, 0.29) is 22.5 Å². The first-order valence-electron chi connectivity index (χ1n) is 19.7. The van der Waals surface area contributed by atoms with E-state index in [1.807, 2.05) is 32.2 Å². The van der Waals surface area contributed by atoms with Gasteiger partial charge in [0.1, 0.15) is 11.4 Å². The van der Waals surface area contributed by atoms with E-state index in [0.29, 0.717) is 24.0 Å². The maximum absolute atomic E-state index is 14.0. The molecule has 6 aliphatic rings. The lowest BCUT2D eigenvalue weighted by Gasteiger charge is -2.52. The normalized spacial score (nSPS) is 36.5. The van der Waals surface area contributed by atoms with Crippen molar-refractivity contribution in [2.75, 3.05) is 64.4 Å². The van der Waals surface area contributed by atoms with E-state index in [1.54, 1.807) is 6.07 Å². The van der Waals surface area contributed by atoms with Gasteiger partial charge in [-0.2, -0.15) is 0 Å². The molecule has 3 fully saturated rings. The first-order valence-corrected chi connectivity index (χ1v) is 21.8. The number of ether oxygens (including phenoxy) is 2. The van der Waals surface area contributed by atoms with Gasteiger partial charge in [0.2, 0.25) is 0 Å². The van der Waals surface area contributed by atoms with Crippen molar-refractivity contribution in [1.29, 1.82) is 0 Å². The van der Waals surface area contributed by atoms with E-state index in [1.165, 1.54) is 24.0 Å². The third kappa shape index (κ3) is 6.94. The van der Waals surface area contributed by atoms with Gasteiger partial charge < -0.3 is 14.4 Å². The van der Waals surface area contributed by atoms with Crippen molar-refractivity contribution in [2.45, 2.75) is 87.5 Å². The standard InChI is InChI=1S/C42H57ClN4O4S/c1-29-7-5-18-42(50-3,27-45-19-21-46(22-20-45)35-12-13-35)37-14-9-33(37)25-47-26-41(17-6-8-31-23-34(43)11-15-36(31)41)28-51-39-16-10-32(24-38(39)47)40(48)44-52(4,49)30(29)2/h5,10-11,15-16,18,23-24,29-30,33,35,37H,4,6-9,12-14,17,19-22,25-28H2,1-3H3,(H,44,48,49)/b18-5+/t29-,30+,33-,37+,41-,42-,52?/m0/s1. The molecule has 3 aliphatic carbocycles. The average Bonchev–Trinajstić information content (AvgIpc) is 3.98. The smallest absolute Gasteiger partial charge is 0.262 e. The number of anilines is 1. The second kappa shape index (κ2) is 14.3. The molecule has 0 aromatic heterocycles. The van der Waals surface area contributed by atoms with Gasteiger partial charge in [0.05, 0.1) is 22.0 Å². The molecule has 8 nitrogen and oxygen atoms in total. The van der Waals surface area contributed by atoms with Crippen LogP contribution in [-0.2, 0) is 26.3 Å². The molecule has 7 atom stereocenters. The van der Waals surface area contributed by atoms with Crippen molar-refractivity contribution in [3.05, 3.63) is 70.3 Å². The molecule has 52 heavy (non-hydrogen) atoms. The number of carbonyl (C=O) groups excluding carboxylic acids is 1. The first kappa shape index (κ1) is 36.4. The zero-order valence-electron chi connectivity index (χ0n) is 31.3. The molecule has 0 radical (unpaired) electrons. The average molecular weight is 749 g/mol. The number of hydrogen-bond acceptors (Lipinski definition) is 7. The highest BCUT2D eigenvalue weighted by molar-refractivity contribution is 7.99. The molecule has 2 saturated carbocycles. The molecular weight excluding hydrogens is 692 g/mol. The van der Waals surface area contributed by atoms with Crippen molar-refractivity contribution < 1.29 is 18.5 Å². The number of rotatable bonds is 4. The number of nitrogens with one attached hydrogen (secondary N) is 1. The summed E-state index contributed by atoms with van der Waals surface area (Å²) < 4.78 is 30.4. The van der Waals surface area contributed by atoms with E-state index in [0.717, 1.165) is 107 Å². The molecule has 2 aromatic rings. The van der Waals surface area contributed by atoms with Crippen LogP contribution in [0.25, 0.3) is 0 Å². The Balaban J connectivity index is 1.18. The van der Waals surface area contributed by atoms with Gasteiger partial charge in [0.25, 0.3) is 5.91 Å². The Hall–Kier alpha value is -2.56. The predicted molar refractivity (Wildman–Crippen MR) is 212 cm³/mol. The van der Waals surface area contributed by atoms with Crippen LogP contribution in [0.5, 0.6) is 5.75 Å². The number of allylic oxidation sites excluding steroid dienone is 1. The quantitative estimate of drug-likeness (QED) is 0.289. The van der Waals surface area contributed by atoms with Crippen LogP contribution in [0.15, 0.2) is 48.6 Å². The van der Waals surface area contributed by atoms with Crippen molar-refractivity contribution in [3.63, 3.8) is 0 Å². The van der Waals surface area contributed by atoms with Gasteiger partial charge in [-0.3, -0.25) is 19.3 Å². The third-order valence-electron chi connectivity index (χ3n) is 13.7. The molecule has 3 aliphatic heterocycles. The Kier molecular flexibility index (Phi) is 9.99. The minimum absolute atomic E-state index is 0.0451. The van der Waals surface area contributed by atoms with Crippen LogP contribution in [0.1, 0.15) is 80.3 Å². The van der Waals surface area contributed by atoms with Crippen LogP contribution in [0, 0.1) is 17.8 Å². The Morgan fingerprint density at radius 3 is 2.62 bits per heavy atom. The molecule has 10 heteroatoms. The molecule has 1 N–H and O–H groups in total. The van der Waals surface area contributed by atoms with Crippen molar-refractivity contribution in [2.24, 2.45) is 17.8 Å². The van der Waals surface area contributed by atoms with Gasteiger partial charge in [-0.1, -0.05) is 36.7 Å². The molecule has 1 spiro atoms. The molecule has 1 amide bonds. The fourth-order valence-corrected chi connectivity index (χ4v) is 11.7. The number of piperazine rings is 1. The third-order valence-corrected chi connectivity index (χ3v) is 16.1. The second-order valence-corrected chi connectivity index (χ2v) is 19.7. The lowest BCUT2D eigenvalue weighted by atomic mass is 9.63. The van der Waals surface area contributed by atoms with Crippen molar-refractivity contribution in [3.8, 4) is 5.75 Å². The summed E-state index contributed by atoms with van der Waals surface area (Å²) in [4.78, 5) is 21.6. The van der Waals surface area contributed by atoms with E-state index < -0.39 is 15.3 Å². The van der Waals surface area contributed by atoms with Gasteiger partial charge in [0.15, 0.2) is 0 Å². The summed E-state index contributed by atoms with van der Waals surface area (Å²) in [6, 6.07) is 12.9. The lowest BCUT2D eigenvalue weighted by molar-refractivity contribution is -0.0956. The summed E-state index contributed by atoms with van der Waals surface area (Å²) in [5.74, 6) is 5.29. The summed E-state index contributed by atoms with van der Waals surface area (Å²) in [7, 11) is -1.04. The minimum Gasteiger partial charge on any atom is -0.490 e. The molecule has 1 unspecified atom stereocenters. The summed E-state index contributed by atoms with van der Waals surface area (Å²) in [6.07, 6.45) is 13.4. The highest BCUT2D eigenvalue weighted by Crippen LogP contribution is 2.49. The zero-order valence-corrected chi connectivity index (χ0v) is 32.9. The number of nitrogens with zero attached hydrogens (tertiary/aromatic N) is 3. The summed E-state index contributed by atoms with van der Waals surface area (Å²) in [5.41, 5.74) is 3.38. The van der Waals surface area contributed by atoms with Crippen LogP contribution in [0.4, 0.5) is 5.69 Å². The van der Waals surface area contributed by atoms with E-state index >= 15 is 0 Å². The van der Waals surface area contributed by atoms with Crippen molar-refractivity contribution in [1.82, 2.24) is 14.5 Å². The number of aryl methyl sites for hydroxylation is 1. The van der Waals surface area contributed by atoms with Crippen molar-refractivity contribution >= 4 is 38.8 Å². The number of halogens is 1. The predicted octanol–water partition coefficient (Wildman–Crippen LogP) is 6.35. The second-order valence-electron chi connectivity index (χ2n) is 16.9. The molecule has 2 bridgehead atoms. The molecule has 3 heterocycles. The van der Waals surface area contributed by atoms with E-state index in [4.69, 9.17) is 21.1 Å². The van der Waals surface area contributed by atoms with Crippen LogP contribution < -0.4 is 14.4 Å². The highest BCUT2D eigenvalue weighted by Gasteiger charge is 2.50. The molecule has 282 valence electrons. The number of amides is 1. The summed E-state index contributed by atoms with van der Waals surface area (Å²) in [5, 5.41) is 0.452. The molecule has 2 aromatic carbocycles. The Morgan fingerprint density at radius 1 is 1.08 bits per heavy atom. The van der Waals surface area contributed by atoms with Gasteiger partial charge in [-0.15, -0.1) is 0 Å². The molecule has 8 rings (SSSR count). The fourth-order valence-electron chi connectivity index (χ4n) is 9.98. The largest absolute Gasteiger partial charge is 0.490 e. The van der Waals surface area contributed by atoms with Gasteiger partial charge >= 0.3 is 0 Å². The zero-order chi connectivity index (χ0) is 36.3. The fraction of sp³-hybridized carbons (Fsp3) is 0.619. The first-order chi connectivity index (χ1) is 25.0. The number of benzene rings is 2. The van der Waals surface area contributed by atoms with Gasteiger partial charge in [-0.25, -0.2) is 4.21 Å². The Morgan fingerprint density at radius 2 is 1.88 bits per heavy atom. The maximum atomic E-state index is 14.0. The van der Waals surface area contributed by atoms with Crippen LogP contribution in [0.2, 0.25) is 5.02 Å². The monoisotopic (exact) mass is 748 g/mol. The van der Waals surface area contributed by atoms with Gasteiger partial charge in [0, 0.05) is 80.2 Å². The van der Waals surface area contributed by atoms with E-state index in [2.05, 4.69) is 56.5 Å². The molecule has 1 saturated heterocycles. The van der Waals surface area contributed by atoms with Gasteiger partial charge in [-0.05, 0) is 123 Å². The topological polar surface area (TPSA) is 74.4 Å². The van der Waals surface area contributed by atoms with Crippen LogP contribution >= 0.6 is 11.6 Å². The Labute approximate surface area is 316 Å². The van der Waals surface area contributed by atoms with Crippen LogP contribution in [-0.4, -0.2) is 102 Å². The SMILES string of the molecule is C=S1(=O)NC(=O)c2ccc3c(c2)N(C[C@@H]2CC[C@H]2[C@](CN2CCN(C4CC4)CC2)(OC)/C=C/C[C@H](C)[C@H]1C)C[C@@]1(CCCc2cc(Cl)ccc21)CO3.